The Kier molecular flexibility index (Phi) is 3.12. The van der Waals surface area contributed by atoms with Gasteiger partial charge < -0.3 is 15.1 Å². The highest BCUT2D eigenvalue weighted by atomic mass is 79.9. The zero-order valence-corrected chi connectivity index (χ0v) is 11.9. The zero-order chi connectivity index (χ0) is 13.4. The highest BCUT2D eigenvalue weighted by Crippen LogP contribution is 2.26. The number of aromatic amines is 1. The number of nitrogens with two attached hydrogens (primary N) is 1. The number of aryl methyl sites for hydroxylation is 1. The van der Waals surface area contributed by atoms with Gasteiger partial charge in [0.2, 0.25) is 0 Å². The van der Waals surface area contributed by atoms with Crippen LogP contribution in [0.5, 0.6) is 0 Å². The Bertz CT molecular complexity index is 718. The molecule has 19 heavy (non-hydrogen) atoms. The number of hydrogen-bond acceptors (Lipinski definition) is 4. The second-order valence-electron chi connectivity index (χ2n) is 4.36. The van der Waals surface area contributed by atoms with Crippen molar-refractivity contribution in [3.05, 3.63) is 46.3 Å². The molecule has 2 aromatic heterocycles. The van der Waals surface area contributed by atoms with Gasteiger partial charge in [-0.15, -0.1) is 0 Å². The SMILES string of the molecule is Cc1nc2ccc(C(CN)c3ncc(Br)[nH]3)cc2o1. The summed E-state index contributed by atoms with van der Waals surface area (Å²) < 4.78 is 6.40. The second-order valence-corrected chi connectivity index (χ2v) is 5.22. The molecule has 0 aliphatic heterocycles. The third-order valence-electron chi connectivity index (χ3n) is 3.05. The molecule has 1 aromatic carbocycles. The van der Waals surface area contributed by atoms with Crippen molar-refractivity contribution >= 4 is 27.0 Å². The van der Waals surface area contributed by atoms with Gasteiger partial charge in [0, 0.05) is 13.5 Å². The normalized spacial score (nSPS) is 13.0. The Morgan fingerprint density at radius 3 is 3.00 bits per heavy atom. The molecule has 0 radical (unpaired) electrons. The van der Waals surface area contributed by atoms with E-state index in [2.05, 4.69) is 30.9 Å². The van der Waals surface area contributed by atoms with Crippen molar-refractivity contribution in [3.63, 3.8) is 0 Å². The van der Waals surface area contributed by atoms with E-state index in [1.807, 2.05) is 25.1 Å². The van der Waals surface area contributed by atoms with E-state index in [1.54, 1.807) is 6.20 Å². The predicted molar refractivity (Wildman–Crippen MR) is 75.9 cm³/mol. The largest absolute Gasteiger partial charge is 0.441 e. The molecule has 1 atom stereocenters. The fourth-order valence-electron chi connectivity index (χ4n) is 2.17. The topological polar surface area (TPSA) is 80.7 Å². The standard InChI is InChI=1S/C13H13BrN4O/c1-7-17-10-3-2-8(4-11(10)19-7)9(5-15)13-16-6-12(14)18-13/h2-4,6,9H,5,15H2,1H3,(H,16,18). The van der Waals surface area contributed by atoms with Gasteiger partial charge in [-0.2, -0.15) is 0 Å². The van der Waals surface area contributed by atoms with E-state index >= 15 is 0 Å². The number of benzene rings is 1. The van der Waals surface area contributed by atoms with Crippen LogP contribution in [0.3, 0.4) is 0 Å². The van der Waals surface area contributed by atoms with Crippen molar-refractivity contribution in [2.24, 2.45) is 5.73 Å². The number of nitrogens with zero attached hydrogens (tertiary/aromatic N) is 2. The summed E-state index contributed by atoms with van der Waals surface area (Å²) in [5, 5.41) is 0. The van der Waals surface area contributed by atoms with Crippen LogP contribution in [0.15, 0.2) is 33.4 Å². The van der Waals surface area contributed by atoms with Crippen LogP contribution < -0.4 is 5.73 Å². The van der Waals surface area contributed by atoms with Gasteiger partial charge >= 0.3 is 0 Å². The van der Waals surface area contributed by atoms with Crippen molar-refractivity contribution < 1.29 is 4.42 Å². The Labute approximate surface area is 118 Å². The van der Waals surface area contributed by atoms with Crippen LogP contribution >= 0.6 is 15.9 Å². The number of H-pyrrole nitrogens is 1. The van der Waals surface area contributed by atoms with Crippen LogP contribution in [0.1, 0.15) is 23.2 Å². The molecule has 0 saturated carbocycles. The molecule has 0 saturated heterocycles. The van der Waals surface area contributed by atoms with Gasteiger partial charge in [0.05, 0.1) is 12.1 Å². The number of nitrogens with one attached hydrogen (secondary N) is 1. The van der Waals surface area contributed by atoms with Crippen molar-refractivity contribution in [1.82, 2.24) is 15.0 Å². The van der Waals surface area contributed by atoms with Crippen LogP contribution in [0.2, 0.25) is 0 Å². The Balaban J connectivity index is 2.05. The third kappa shape index (κ3) is 2.29. The molecule has 0 aliphatic rings. The van der Waals surface area contributed by atoms with E-state index in [9.17, 15) is 0 Å². The molecular formula is C13H13BrN4O. The van der Waals surface area contributed by atoms with Crippen LogP contribution in [0.25, 0.3) is 11.1 Å². The number of hydrogen-bond donors (Lipinski definition) is 2. The first-order valence-corrected chi connectivity index (χ1v) is 6.74. The molecule has 3 rings (SSSR count). The van der Waals surface area contributed by atoms with E-state index in [4.69, 9.17) is 10.2 Å². The lowest BCUT2D eigenvalue weighted by molar-refractivity contribution is 0.560. The van der Waals surface area contributed by atoms with Crippen LogP contribution in [-0.2, 0) is 0 Å². The number of aromatic nitrogens is 3. The molecule has 3 N–H and O–H groups in total. The van der Waals surface area contributed by atoms with E-state index in [0.717, 1.165) is 27.1 Å². The molecule has 6 heteroatoms. The first-order valence-electron chi connectivity index (χ1n) is 5.95. The first-order chi connectivity index (χ1) is 9.17. The molecule has 0 fully saturated rings. The first kappa shape index (κ1) is 12.4. The minimum Gasteiger partial charge on any atom is -0.441 e. The van der Waals surface area contributed by atoms with E-state index in [-0.39, 0.29) is 5.92 Å². The number of oxazole rings is 1. The minimum absolute atomic E-state index is 0.0149. The van der Waals surface area contributed by atoms with Crippen molar-refractivity contribution in [1.29, 1.82) is 0 Å². The summed E-state index contributed by atoms with van der Waals surface area (Å²) in [7, 11) is 0. The molecule has 98 valence electrons. The number of imidazole rings is 1. The maximum atomic E-state index is 5.87. The molecule has 1 unspecified atom stereocenters. The molecule has 5 nitrogen and oxygen atoms in total. The molecule has 0 aliphatic carbocycles. The summed E-state index contributed by atoms with van der Waals surface area (Å²) in [5.74, 6) is 1.52. The lowest BCUT2D eigenvalue weighted by Crippen LogP contribution is -2.15. The van der Waals surface area contributed by atoms with Crippen molar-refractivity contribution in [2.45, 2.75) is 12.8 Å². The summed E-state index contributed by atoms with van der Waals surface area (Å²) >= 11 is 3.36. The molecule has 3 aromatic rings. The van der Waals surface area contributed by atoms with Crippen molar-refractivity contribution in [3.8, 4) is 0 Å². The van der Waals surface area contributed by atoms with Gasteiger partial charge in [-0.3, -0.25) is 0 Å². The predicted octanol–water partition coefficient (Wildman–Crippen LogP) is 2.71. The third-order valence-corrected chi connectivity index (χ3v) is 3.46. The average Bonchev–Trinajstić information content (AvgIpc) is 2.95. The zero-order valence-electron chi connectivity index (χ0n) is 10.4. The summed E-state index contributed by atoms with van der Waals surface area (Å²) in [6.07, 6.45) is 1.73. The summed E-state index contributed by atoms with van der Waals surface area (Å²) in [6, 6.07) is 5.93. The lowest BCUT2D eigenvalue weighted by Gasteiger charge is -2.12. The maximum absolute atomic E-state index is 5.87. The van der Waals surface area contributed by atoms with Crippen LogP contribution in [-0.4, -0.2) is 21.5 Å². The highest BCUT2D eigenvalue weighted by Gasteiger charge is 2.17. The molecule has 0 spiro atoms. The lowest BCUT2D eigenvalue weighted by atomic mass is 9.98. The van der Waals surface area contributed by atoms with Crippen molar-refractivity contribution in [2.75, 3.05) is 6.54 Å². The van der Waals surface area contributed by atoms with Gasteiger partial charge in [0.15, 0.2) is 11.5 Å². The van der Waals surface area contributed by atoms with Gasteiger partial charge in [-0.05, 0) is 33.6 Å². The Morgan fingerprint density at radius 1 is 1.47 bits per heavy atom. The number of fused-ring (bicyclic) bond motifs is 1. The summed E-state index contributed by atoms with van der Waals surface area (Å²) in [6.45, 7) is 2.31. The van der Waals surface area contributed by atoms with E-state index in [1.165, 1.54) is 0 Å². The van der Waals surface area contributed by atoms with E-state index in [0.29, 0.717) is 12.4 Å². The van der Waals surface area contributed by atoms with E-state index < -0.39 is 0 Å². The fraction of sp³-hybridized carbons (Fsp3) is 0.231. The number of halogens is 1. The summed E-state index contributed by atoms with van der Waals surface area (Å²) in [4.78, 5) is 11.8. The smallest absolute Gasteiger partial charge is 0.192 e. The fourth-order valence-corrected chi connectivity index (χ4v) is 2.47. The molecule has 2 heterocycles. The molecular weight excluding hydrogens is 308 g/mol. The maximum Gasteiger partial charge on any atom is 0.192 e. The van der Waals surface area contributed by atoms with Gasteiger partial charge in [-0.1, -0.05) is 6.07 Å². The van der Waals surface area contributed by atoms with Crippen LogP contribution in [0.4, 0.5) is 0 Å². The Morgan fingerprint density at radius 2 is 2.32 bits per heavy atom. The quantitative estimate of drug-likeness (QED) is 0.777. The number of rotatable bonds is 3. The monoisotopic (exact) mass is 320 g/mol. The van der Waals surface area contributed by atoms with Gasteiger partial charge in [0.1, 0.15) is 15.9 Å². The molecule has 0 bridgehead atoms. The van der Waals surface area contributed by atoms with Gasteiger partial charge in [-0.25, -0.2) is 9.97 Å². The van der Waals surface area contributed by atoms with Crippen LogP contribution in [0, 0.1) is 6.92 Å². The van der Waals surface area contributed by atoms with Gasteiger partial charge in [0.25, 0.3) is 0 Å². The highest BCUT2D eigenvalue weighted by molar-refractivity contribution is 9.10. The average molecular weight is 321 g/mol. The minimum atomic E-state index is 0.0149. The molecule has 0 amide bonds. The Hall–Kier alpha value is -1.66. The second kappa shape index (κ2) is 4.79. The summed E-state index contributed by atoms with van der Waals surface area (Å²) in [5.41, 5.74) is 8.57.